The summed E-state index contributed by atoms with van der Waals surface area (Å²) in [5.41, 5.74) is 1.56. The molecule has 0 spiro atoms. The zero-order chi connectivity index (χ0) is 17.9. The molecule has 0 saturated carbocycles. The van der Waals surface area contributed by atoms with Gasteiger partial charge >= 0.3 is 0 Å². The van der Waals surface area contributed by atoms with Crippen LogP contribution in [0.25, 0.3) is 11.5 Å². The number of anilines is 1. The Morgan fingerprint density at radius 3 is 2.73 bits per heavy atom. The topological polar surface area (TPSA) is 86.5 Å². The number of nitrogens with zero attached hydrogens (tertiary/aromatic N) is 2. The number of aromatic nitrogens is 2. The summed E-state index contributed by atoms with van der Waals surface area (Å²) in [5, 5.41) is 10.9. The second-order valence-corrected chi connectivity index (χ2v) is 6.61. The lowest BCUT2D eigenvalue weighted by atomic mass is 10.2. The van der Waals surface area contributed by atoms with Gasteiger partial charge in [0.25, 0.3) is 0 Å². The third-order valence-corrected chi connectivity index (χ3v) is 4.62. The number of amides is 1. The molecular formula is C18H15N3O4S. The van der Waals surface area contributed by atoms with Crippen molar-refractivity contribution in [1.82, 2.24) is 10.2 Å². The molecule has 1 N–H and O–H groups in total. The van der Waals surface area contributed by atoms with Gasteiger partial charge in [0, 0.05) is 23.1 Å². The molecule has 1 aromatic heterocycles. The van der Waals surface area contributed by atoms with Crippen molar-refractivity contribution in [3.05, 3.63) is 48.4 Å². The SMILES string of the molecule is CC(=O)Nc1ccc(SCc2nnc(-c3ccc4c(c3)OCO4)o2)cc1. The van der Waals surface area contributed by atoms with Gasteiger partial charge in [0.05, 0.1) is 5.75 Å². The van der Waals surface area contributed by atoms with E-state index in [2.05, 4.69) is 15.5 Å². The van der Waals surface area contributed by atoms with Crippen molar-refractivity contribution in [1.29, 1.82) is 0 Å². The van der Waals surface area contributed by atoms with E-state index >= 15 is 0 Å². The molecule has 3 aromatic rings. The molecule has 0 atom stereocenters. The summed E-state index contributed by atoms with van der Waals surface area (Å²) >= 11 is 1.58. The molecule has 8 heteroatoms. The number of rotatable bonds is 5. The average molecular weight is 369 g/mol. The fourth-order valence-corrected chi connectivity index (χ4v) is 3.18. The lowest BCUT2D eigenvalue weighted by molar-refractivity contribution is -0.114. The Hall–Kier alpha value is -3.00. The molecule has 4 rings (SSSR count). The van der Waals surface area contributed by atoms with Crippen LogP contribution in [-0.2, 0) is 10.5 Å². The molecule has 0 bridgehead atoms. The van der Waals surface area contributed by atoms with E-state index in [4.69, 9.17) is 13.9 Å². The van der Waals surface area contributed by atoms with E-state index in [1.54, 1.807) is 11.8 Å². The molecule has 26 heavy (non-hydrogen) atoms. The van der Waals surface area contributed by atoms with Crippen LogP contribution in [0.15, 0.2) is 51.8 Å². The van der Waals surface area contributed by atoms with Crippen LogP contribution in [0.5, 0.6) is 11.5 Å². The number of thioether (sulfide) groups is 1. The summed E-state index contributed by atoms with van der Waals surface area (Å²) in [5.74, 6) is 2.83. The Morgan fingerprint density at radius 1 is 1.12 bits per heavy atom. The maximum Gasteiger partial charge on any atom is 0.247 e. The van der Waals surface area contributed by atoms with Crippen LogP contribution in [0, 0.1) is 0 Å². The van der Waals surface area contributed by atoms with Crippen molar-refractivity contribution in [3.8, 4) is 23.0 Å². The summed E-state index contributed by atoms with van der Waals surface area (Å²) in [7, 11) is 0. The molecule has 0 radical (unpaired) electrons. The van der Waals surface area contributed by atoms with E-state index in [9.17, 15) is 4.79 Å². The van der Waals surface area contributed by atoms with Crippen molar-refractivity contribution in [3.63, 3.8) is 0 Å². The normalized spacial score (nSPS) is 12.2. The lowest BCUT2D eigenvalue weighted by Gasteiger charge is -2.03. The number of fused-ring (bicyclic) bond motifs is 1. The van der Waals surface area contributed by atoms with E-state index in [0.717, 1.165) is 16.1 Å². The van der Waals surface area contributed by atoms with Gasteiger partial charge in [0.15, 0.2) is 11.5 Å². The zero-order valence-corrected chi connectivity index (χ0v) is 14.7. The Labute approximate surface area is 153 Å². The maximum atomic E-state index is 11.0. The van der Waals surface area contributed by atoms with E-state index < -0.39 is 0 Å². The highest BCUT2D eigenvalue weighted by Crippen LogP contribution is 2.35. The van der Waals surface area contributed by atoms with E-state index in [1.807, 2.05) is 42.5 Å². The fraction of sp³-hybridized carbons (Fsp3) is 0.167. The standard InChI is InChI=1S/C18H15N3O4S/c1-11(22)19-13-3-5-14(6-4-13)26-9-17-20-21-18(25-17)12-2-7-15-16(8-12)24-10-23-15/h2-8H,9-10H2,1H3,(H,19,22). The van der Waals surface area contributed by atoms with Gasteiger partial charge in [0.1, 0.15) is 0 Å². The van der Waals surface area contributed by atoms with Crippen molar-refractivity contribution in [2.45, 2.75) is 17.6 Å². The van der Waals surface area contributed by atoms with Gasteiger partial charge in [-0.25, -0.2) is 0 Å². The molecule has 1 amide bonds. The van der Waals surface area contributed by atoms with Gasteiger partial charge in [-0.05, 0) is 42.5 Å². The van der Waals surface area contributed by atoms with Crippen LogP contribution in [0.1, 0.15) is 12.8 Å². The molecule has 0 unspecified atom stereocenters. The van der Waals surface area contributed by atoms with Gasteiger partial charge in [0.2, 0.25) is 24.5 Å². The van der Waals surface area contributed by atoms with Gasteiger partial charge < -0.3 is 19.2 Å². The minimum atomic E-state index is -0.0905. The van der Waals surface area contributed by atoms with Crippen molar-refractivity contribution >= 4 is 23.4 Å². The highest BCUT2D eigenvalue weighted by atomic mass is 32.2. The first-order chi connectivity index (χ1) is 12.7. The molecule has 2 heterocycles. The highest BCUT2D eigenvalue weighted by molar-refractivity contribution is 7.98. The Kier molecular flexibility index (Phi) is 4.49. The van der Waals surface area contributed by atoms with Crippen molar-refractivity contribution < 1.29 is 18.7 Å². The largest absolute Gasteiger partial charge is 0.454 e. The summed E-state index contributed by atoms with van der Waals surface area (Å²) in [6.07, 6.45) is 0. The Morgan fingerprint density at radius 2 is 1.92 bits per heavy atom. The molecule has 2 aromatic carbocycles. The lowest BCUT2D eigenvalue weighted by Crippen LogP contribution is -2.05. The van der Waals surface area contributed by atoms with Gasteiger partial charge in [-0.2, -0.15) is 0 Å². The summed E-state index contributed by atoms with van der Waals surface area (Å²) < 4.78 is 16.4. The Balaban J connectivity index is 1.40. The zero-order valence-electron chi connectivity index (χ0n) is 13.9. The maximum absolute atomic E-state index is 11.0. The average Bonchev–Trinajstić information content (AvgIpc) is 3.29. The molecule has 0 saturated heterocycles. The highest BCUT2D eigenvalue weighted by Gasteiger charge is 2.16. The quantitative estimate of drug-likeness (QED) is 0.686. The minimum Gasteiger partial charge on any atom is -0.454 e. The molecule has 1 aliphatic heterocycles. The monoisotopic (exact) mass is 369 g/mol. The van der Waals surface area contributed by atoms with Crippen LogP contribution in [0.3, 0.4) is 0 Å². The van der Waals surface area contributed by atoms with Crippen LogP contribution in [0.2, 0.25) is 0 Å². The predicted octanol–water partition coefficient (Wildman–Crippen LogP) is 3.72. The molecule has 7 nitrogen and oxygen atoms in total. The smallest absolute Gasteiger partial charge is 0.247 e. The number of benzene rings is 2. The number of hydrogen-bond donors (Lipinski definition) is 1. The third kappa shape index (κ3) is 3.65. The fourth-order valence-electron chi connectivity index (χ4n) is 2.44. The molecule has 1 aliphatic rings. The first kappa shape index (κ1) is 16.5. The first-order valence-electron chi connectivity index (χ1n) is 7.90. The number of hydrogen-bond acceptors (Lipinski definition) is 7. The van der Waals surface area contributed by atoms with Crippen LogP contribution >= 0.6 is 11.8 Å². The van der Waals surface area contributed by atoms with E-state index in [1.165, 1.54) is 6.92 Å². The number of carbonyl (C=O) groups excluding carboxylic acids is 1. The molecular weight excluding hydrogens is 354 g/mol. The molecule has 0 aliphatic carbocycles. The summed E-state index contributed by atoms with van der Waals surface area (Å²) in [6.45, 7) is 1.71. The second kappa shape index (κ2) is 7.09. The van der Waals surface area contributed by atoms with Crippen molar-refractivity contribution in [2.24, 2.45) is 0 Å². The van der Waals surface area contributed by atoms with Crippen LogP contribution in [0.4, 0.5) is 5.69 Å². The predicted molar refractivity (Wildman–Crippen MR) is 96.2 cm³/mol. The summed E-state index contributed by atoms with van der Waals surface area (Å²) in [6, 6.07) is 13.1. The third-order valence-electron chi connectivity index (χ3n) is 3.62. The first-order valence-corrected chi connectivity index (χ1v) is 8.89. The molecule has 0 fully saturated rings. The number of nitrogens with one attached hydrogen (secondary N) is 1. The summed E-state index contributed by atoms with van der Waals surface area (Å²) in [4.78, 5) is 12.1. The van der Waals surface area contributed by atoms with Gasteiger partial charge in [-0.3, -0.25) is 4.79 Å². The van der Waals surface area contributed by atoms with Crippen LogP contribution < -0.4 is 14.8 Å². The number of carbonyl (C=O) groups is 1. The van der Waals surface area contributed by atoms with E-state index in [0.29, 0.717) is 29.0 Å². The Bertz CT molecular complexity index is 940. The van der Waals surface area contributed by atoms with Crippen molar-refractivity contribution in [2.75, 3.05) is 12.1 Å². The number of ether oxygens (including phenoxy) is 2. The van der Waals surface area contributed by atoms with Crippen LogP contribution in [-0.4, -0.2) is 22.9 Å². The van der Waals surface area contributed by atoms with Gasteiger partial charge in [-0.15, -0.1) is 22.0 Å². The van der Waals surface area contributed by atoms with Gasteiger partial charge in [-0.1, -0.05) is 0 Å². The second-order valence-electron chi connectivity index (χ2n) is 5.56. The molecule has 132 valence electrons. The van der Waals surface area contributed by atoms with E-state index in [-0.39, 0.29) is 12.7 Å². The minimum absolute atomic E-state index is 0.0905.